The van der Waals surface area contributed by atoms with Crippen LogP contribution in [0.2, 0.25) is 0 Å². The van der Waals surface area contributed by atoms with Gasteiger partial charge < -0.3 is 14.9 Å². The van der Waals surface area contributed by atoms with Crippen LogP contribution in [-0.4, -0.2) is 60.0 Å². The Morgan fingerprint density at radius 2 is 1.50 bits per heavy atom. The summed E-state index contributed by atoms with van der Waals surface area (Å²) in [5, 5.41) is 9.34. The summed E-state index contributed by atoms with van der Waals surface area (Å²) in [6, 6.07) is 6.68. The van der Waals surface area contributed by atoms with E-state index in [2.05, 4.69) is 9.80 Å². The lowest BCUT2D eigenvalue weighted by Gasteiger charge is -2.32. The number of carbonyl (C=O) groups is 1. The molecule has 2 heterocycles. The third-order valence-electron chi connectivity index (χ3n) is 5.51. The van der Waals surface area contributed by atoms with E-state index in [1.165, 1.54) is 45.3 Å². The van der Waals surface area contributed by atoms with Gasteiger partial charge in [0.1, 0.15) is 5.75 Å². The lowest BCUT2D eigenvalue weighted by Crippen LogP contribution is -2.38. The number of phenols is 1. The van der Waals surface area contributed by atoms with Crippen molar-refractivity contribution in [1.82, 2.24) is 9.80 Å². The Morgan fingerprint density at radius 3 is 2.12 bits per heavy atom. The number of carbonyl (C=O) groups excluding carboxylic acids is 1. The summed E-state index contributed by atoms with van der Waals surface area (Å²) >= 11 is 0. The zero-order valence-corrected chi connectivity index (χ0v) is 14.6. The van der Waals surface area contributed by atoms with Crippen LogP contribution in [-0.2, 0) is 0 Å². The standard InChI is InChI=1S/C20H30N2O2/c23-19-7-5-17(6-8-19)20(24)18-9-15-22(16-10-18)14-4-13-21-11-2-1-3-12-21/h5-8,18,23H,1-4,9-16H2. The number of piperidine rings is 2. The minimum absolute atomic E-state index is 0.146. The molecule has 132 valence electrons. The van der Waals surface area contributed by atoms with Crippen LogP contribution in [0.15, 0.2) is 24.3 Å². The lowest BCUT2D eigenvalue weighted by molar-refractivity contribution is 0.0835. The van der Waals surface area contributed by atoms with Crippen molar-refractivity contribution in [1.29, 1.82) is 0 Å². The molecule has 1 N–H and O–H groups in total. The monoisotopic (exact) mass is 330 g/mol. The quantitative estimate of drug-likeness (QED) is 0.814. The van der Waals surface area contributed by atoms with Crippen LogP contribution in [0.4, 0.5) is 0 Å². The van der Waals surface area contributed by atoms with Gasteiger partial charge >= 0.3 is 0 Å². The van der Waals surface area contributed by atoms with Crippen LogP contribution in [0.3, 0.4) is 0 Å². The summed E-state index contributed by atoms with van der Waals surface area (Å²) < 4.78 is 0. The topological polar surface area (TPSA) is 43.8 Å². The molecule has 0 radical (unpaired) electrons. The highest BCUT2D eigenvalue weighted by atomic mass is 16.3. The van der Waals surface area contributed by atoms with Gasteiger partial charge in [0.25, 0.3) is 0 Å². The fourth-order valence-electron chi connectivity index (χ4n) is 3.98. The molecular weight excluding hydrogens is 300 g/mol. The van der Waals surface area contributed by atoms with Gasteiger partial charge in [-0.15, -0.1) is 0 Å². The molecule has 2 fully saturated rings. The number of rotatable bonds is 6. The SMILES string of the molecule is O=C(c1ccc(O)cc1)C1CCN(CCCN2CCCCC2)CC1. The molecule has 2 saturated heterocycles. The molecule has 0 unspecified atom stereocenters. The average molecular weight is 330 g/mol. The fraction of sp³-hybridized carbons (Fsp3) is 0.650. The second-order valence-corrected chi connectivity index (χ2v) is 7.28. The number of benzene rings is 1. The Hall–Kier alpha value is -1.39. The van der Waals surface area contributed by atoms with Gasteiger partial charge in [0.2, 0.25) is 0 Å². The van der Waals surface area contributed by atoms with E-state index < -0.39 is 0 Å². The van der Waals surface area contributed by atoms with E-state index in [9.17, 15) is 9.90 Å². The zero-order valence-electron chi connectivity index (χ0n) is 14.6. The van der Waals surface area contributed by atoms with E-state index in [0.29, 0.717) is 0 Å². The van der Waals surface area contributed by atoms with Crippen molar-refractivity contribution in [3.8, 4) is 5.75 Å². The van der Waals surface area contributed by atoms with Crippen LogP contribution in [0.5, 0.6) is 5.75 Å². The molecule has 1 aromatic carbocycles. The van der Waals surface area contributed by atoms with Gasteiger partial charge in [0.05, 0.1) is 0 Å². The van der Waals surface area contributed by atoms with Gasteiger partial charge in [0.15, 0.2) is 5.78 Å². The first-order valence-corrected chi connectivity index (χ1v) is 9.50. The summed E-state index contributed by atoms with van der Waals surface area (Å²) in [6.07, 6.45) is 7.30. The Kier molecular flexibility index (Phi) is 6.27. The van der Waals surface area contributed by atoms with Crippen molar-refractivity contribution in [2.45, 2.75) is 38.5 Å². The molecule has 24 heavy (non-hydrogen) atoms. The zero-order chi connectivity index (χ0) is 16.8. The van der Waals surface area contributed by atoms with E-state index in [0.717, 1.165) is 38.0 Å². The average Bonchev–Trinajstić information content (AvgIpc) is 2.63. The highest BCUT2D eigenvalue weighted by Gasteiger charge is 2.25. The van der Waals surface area contributed by atoms with Crippen LogP contribution >= 0.6 is 0 Å². The van der Waals surface area contributed by atoms with E-state index >= 15 is 0 Å². The van der Waals surface area contributed by atoms with Gasteiger partial charge in [-0.1, -0.05) is 6.42 Å². The molecular formula is C20H30N2O2. The molecule has 0 bridgehead atoms. The Balaban J connectivity index is 1.37. The van der Waals surface area contributed by atoms with Crippen LogP contribution in [0.1, 0.15) is 48.9 Å². The number of aromatic hydroxyl groups is 1. The van der Waals surface area contributed by atoms with E-state index in [-0.39, 0.29) is 17.5 Å². The third kappa shape index (κ3) is 4.81. The summed E-state index contributed by atoms with van der Waals surface area (Å²) in [5.74, 6) is 0.603. The molecule has 0 spiro atoms. The molecule has 0 aromatic heterocycles. The molecule has 1 aromatic rings. The first-order chi connectivity index (χ1) is 11.7. The molecule has 0 atom stereocenters. The maximum Gasteiger partial charge on any atom is 0.166 e. The fourth-order valence-corrected chi connectivity index (χ4v) is 3.98. The number of phenolic OH excluding ortho intramolecular Hbond substituents is 1. The van der Waals surface area contributed by atoms with Crippen molar-refractivity contribution in [3.63, 3.8) is 0 Å². The maximum absolute atomic E-state index is 12.5. The summed E-state index contributed by atoms with van der Waals surface area (Å²) in [7, 11) is 0. The number of hydrogen-bond donors (Lipinski definition) is 1. The second-order valence-electron chi connectivity index (χ2n) is 7.28. The molecule has 0 amide bonds. The van der Waals surface area contributed by atoms with E-state index in [4.69, 9.17) is 0 Å². The molecule has 4 heteroatoms. The van der Waals surface area contributed by atoms with Crippen LogP contribution in [0, 0.1) is 5.92 Å². The first kappa shape index (κ1) is 17.4. The predicted molar refractivity (Wildman–Crippen MR) is 96.5 cm³/mol. The minimum Gasteiger partial charge on any atom is -0.508 e. The van der Waals surface area contributed by atoms with Gasteiger partial charge in [-0.25, -0.2) is 0 Å². The number of Topliss-reactive ketones (excluding diaryl/α,β-unsaturated/α-hetero) is 1. The van der Waals surface area contributed by atoms with Crippen LogP contribution < -0.4 is 0 Å². The largest absolute Gasteiger partial charge is 0.508 e. The molecule has 3 rings (SSSR count). The van der Waals surface area contributed by atoms with Crippen molar-refractivity contribution in [2.24, 2.45) is 5.92 Å². The van der Waals surface area contributed by atoms with E-state index in [1.807, 2.05) is 0 Å². The van der Waals surface area contributed by atoms with Crippen molar-refractivity contribution >= 4 is 5.78 Å². The first-order valence-electron chi connectivity index (χ1n) is 9.50. The number of likely N-dealkylation sites (tertiary alicyclic amines) is 2. The number of hydrogen-bond acceptors (Lipinski definition) is 4. The third-order valence-corrected chi connectivity index (χ3v) is 5.51. The summed E-state index contributed by atoms with van der Waals surface area (Å²) in [4.78, 5) is 17.7. The van der Waals surface area contributed by atoms with Gasteiger partial charge in [-0.2, -0.15) is 0 Å². The Bertz CT molecular complexity index is 515. The Labute approximate surface area is 145 Å². The van der Waals surface area contributed by atoms with Gasteiger partial charge in [-0.3, -0.25) is 4.79 Å². The lowest BCUT2D eigenvalue weighted by atomic mass is 9.89. The summed E-state index contributed by atoms with van der Waals surface area (Å²) in [5.41, 5.74) is 0.733. The van der Waals surface area contributed by atoms with Crippen molar-refractivity contribution in [3.05, 3.63) is 29.8 Å². The number of ketones is 1. The molecule has 4 nitrogen and oxygen atoms in total. The molecule has 0 saturated carbocycles. The van der Waals surface area contributed by atoms with Crippen molar-refractivity contribution in [2.75, 3.05) is 39.3 Å². The second kappa shape index (κ2) is 8.63. The minimum atomic E-state index is 0.146. The highest BCUT2D eigenvalue weighted by Crippen LogP contribution is 2.23. The summed E-state index contributed by atoms with van der Waals surface area (Å²) in [6.45, 7) is 7.03. The van der Waals surface area contributed by atoms with Crippen LogP contribution in [0.25, 0.3) is 0 Å². The normalized spacial score (nSPS) is 21.0. The predicted octanol–water partition coefficient (Wildman–Crippen LogP) is 3.16. The smallest absolute Gasteiger partial charge is 0.166 e. The van der Waals surface area contributed by atoms with Crippen molar-refractivity contribution < 1.29 is 9.90 Å². The highest BCUT2D eigenvalue weighted by molar-refractivity contribution is 5.98. The van der Waals surface area contributed by atoms with E-state index in [1.54, 1.807) is 24.3 Å². The molecule has 2 aliphatic rings. The maximum atomic E-state index is 12.5. The van der Waals surface area contributed by atoms with Gasteiger partial charge in [-0.05, 0) is 95.6 Å². The molecule has 2 aliphatic heterocycles. The van der Waals surface area contributed by atoms with Gasteiger partial charge in [0, 0.05) is 11.5 Å². The number of nitrogens with zero attached hydrogens (tertiary/aromatic N) is 2. The molecule has 0 aliphatic carbocycles. The Morgan fingerprint density at radius 1 is 0.917 bits per heavy atom.